The molecule has 0 unspecified atom stereocenters. The first-order valence-electron chi connectivity index (χ1n) is 2.26. The van der Waals surface area contributed by atoms with Crippen molar-refractivity contribution in [1.29, 1.82) is 0 Å². The molecule has 0 saturated carbocycles. The molecule has 1 rings (SSSR count). The van der Waals surface area contributed by atoms with Gasteiger partial charge < -0.3 is 14.9 Å². The standard InChI is InChI=1S/C7H7.2CH3.2La/c1-7-5-3-2-4-6-7;;;;/h2-6H,1H2;2*1H3;;/q3*-1;;. The van der Waals surface area contributed by atoms with Gasteiger partial charge in [0.25, 0.3) is 0 Å². The van der Waals surface area contributed by atoms with Gasteiger partial charge in [0.2, 0.25) is 0 Å². The van der Waals surface area contributed by atoms with Crippen molar-refractivity contribution in [3.8, 4) is 0 Å². The van der Waals surface area contributed by atoms with Gasteiger partial charge in [-0.2, -0.15) is 24.6 Å². The van der Waals surface area contributed by atoms with Crippen molar-refractivity contribution in [2.24, 2.45) is 0 Å². The molecule has 0 N–H and O–H groups in total. The molecule has 0 amide bonds. The SMILES string of the molecule is [CH2-]c1ccccc1.[CH3-].[CH3-].[La].[La]. The maximum absolute atomic E-state index is 3.72. The minimum Gasteiger partial charge on any atom is -0.358 e. The van der Waals surface area contributed by atoms with Crippen molar-refractivity contribution in [1.82, 2.24) is 0 Å². The van der Waals surface area contributed by atoms with Crippen LogP contribution in [0.15, 0.2) is 30.3 Å². The third kappa shape index (κ3) is 11.5. The van der Waals surface area contributed by atoms with Crippen LogP contribution in [-0.2, 0) is 0 Å². The van der Waals surface area contributed by atoms with Crippen LogP contribution < -0.4 is 0 Å². The molecule has 0 aliphatic carbocycles. The zero-order valence-corrected chi connectivity index (χ0v) is 14.5. The minimum absolute atomic E-state index is 0. The Kier molecular flexibility index (Phi) is 29.2. The zero-order chi connectivity index (χ0) is 5.11. The average Bonchev–Trinajstić information content (AvgIpc) is 1.69. The van der Waals surface area contributed by atoms with Crippen molar-refractivity contribution in [3.63, 3.8) is 0 Å². The normalized spacial score (nSPS) is 5.45. The number of hydrogen-bond acceptors (Lipinski definition) is 0. The van der Waals surface area contributed by atoms with Crippen molar-refractivity contribution >= 4 is 0 Å². The molecule has 0 nitrogen and oxygen atoms in total. The van der Waals surface area contributed by atoms with E-state index < -0.39 is 0 Å². The van der Waals surface area contributed by atoms with Gasteiger partial charge in [0.15, 0.2) is 0 Å². The molecule has 0 aromatic heterocycles. The van der Waals surface area contributed by atoms with Crippen molar-refractivity contribution in [3.05, 3.63) is 57.7 Å². The predicted octanol–water partition coefficient (Wildman–Crippen LogP) is 2.77. The quantitative estimate of drug-likeness (QED) is 0.589. The molecule has 0 fully saturated rings. The summed E-state index contributed by atoms with van der Waals surface area (Å²) in [5.41, 5.74) is 1.07. The molecular weight excluding hydrogens is 386 g/mol. The van der Waals surface area contributed by atoms with Gasteiger partial charge in [0.1, 0.15) is 0 Å². The third-order valence-corrected chi connectivity index (χ3v) is 0.843. The van der Waals surface area contributed by atoms with Crippen LogP contribution in [0.4, 0.5) is 0 Å². The second-order valence-corrected chi connectivity index (χ2v) is 1.49. The summed E-state index contributed by atoms with van der Waals surface area (Å²) < 4.78 is 0. The van der Waals surface area contributed by atoms with E-state index in [0.717, 1.165) is 5.56 Å². The van der Waals surface area contributed by atoms with E-state index in [1.165, 1.54) is 0 Å². The minimum atomic E-state index is 0. The second kappa shape index (κ2) is 14.0. The van der Waals surface area contributed by atoms with Gasteiger partial charge in [0, 0.05) is 71.2 Å². The van der Waals surface area contributed by atoms with E-state index in [1.807, 2.05) is 30.3 Å². The molecule has 0 atom stereocenters. The number of rotatable bonds is 0. The van der Waals surface area contributed by atoms with E-state index >= 15 is 0 Å². The Morgan fingerprint density at radius 1 is 0.818 bits per heavy atom. The molecule has 0 bridgehead atoms. The largest absolute Gasteiger partial charge is 0.358 e. The Bertz CT molecular complexity index is 137. The Morgan fingerprint density at radius 3 is 1.36 bits per heavy atom. The number of hydrogen-bond donors (Lipinski definition) is 0. The topological polar surface area (TPSA) is 0 Å². The van der Waals surface area contributed by atoms with E-state index in [0.29, 0.717) is 0 Å². The first-order chi connectivity index (χ1) is 3.39. The summed E-state index contributed by atoms with van der Waals surface area (Å²) in [7, 11) is 0. The predicted molar refractivity (Wildman–Crippen MR) is 43.7 cm³/mol. The zero-order valence-electron chi connectivity index (χ0n) is 7.25. The molecule has 2 radical (unpaired) electrons. The summed E-state index contributed by atoms with van der Waals surface area (Å²) in [5, 5.41) is 0. The molecule has 0 spiro atoms. The Labute approximate surface area is 127 Å². The fraction of sp³-hybridized carbons (Fsp3) is 0. The molecule has 1 aromatic carbocycles. The Morgan fingerprint density at radius 2 is 1.18 bits per heavy atom. The van der Waals surface area contributed by atoms with Crippen LogP contribution in [-0.4, -0.2) is 0 Å². The first kappa shape index (κ1) is 22.9. The van der Waals surface area contributed by atoms with Crippen LogP contribution in [0.5, 0.6) is 0 Å². The monoisotopic (exact) mass is 399 g/mol. The van der Waals surface area contributed by atoms with Gasteiger partial charge in [-0.25, -0.2) is 0 Å². The van der Waals surface area contributed by atoms with Gasteiger partial charge in [0.05, 0.1) is 0 Å². The van der Waals surface area contributed by atoms with E-state index in [2.05, 4.69) is 6.92 Å². The maximum Gasteiger partial charge on any atom is 0 e. The van der Waals surface area contributed by atoms with Gasteiger partial charge in [-0.05, 0) is 0 Å². The molecular formula is C9H13La2-3. The molecule has 0 saturated heterocycles. The van der Waals surface area contributed by atoms with Gasteiger partial charge in [-0.15, -0.1) is 12.1 Å². The number of benzene rings is 1. The second-order valence-electron chi connectivity index (χ2n) is 1.49. The summed E-state index contributed by atoms with van der Waals surface area (Å²) in [6.07, 6.45) is 0. The van der Waals surface area contributed by atoms with Crippen LogP contribution in [0.1, 0.15) is 5.56 Å². The van der Waals surface area contributed by atoms with E-state index in [4.69, 9.17) is 0 Å². The summed E-state index contributed by atoms with van der Waals surface area (Å²) >= 11 is 0. The van der Waals surface area contributed by atoms with E-state index in [-0.39, 0.29) is 86.1 Å². The smallest absolute Gasteiger partial charge is 0 e. The van der Waals surface area contributed by atoms with Gasteiger partial charge in [-0.3, -0.25) is 0 Å². The summed E-state index contributed by atoms with van der Waals surface area (Å²) in [6.45, 7) is 3.72. The van der Waals surface area contributed by atoms with Gasteiger partial charge >= 0.3 is 0 Å². The Hall–Kier alpha value is 1.48. The first-order valence-corrected chi connectivity index (χ1v) is 2.26. The van der Waals surface area contributed by atoms with Crippen molar-refractivity contribution in [2.45, 2.75) is 0 Å². The van der Waals surface area contributed by atoms with Crippen LogP contribution in [0, 0.1) is 93.0 Å². The van der Waals surface area contributed by atoms with Crippen LogP contribution in [0.2, 0.25) is 0 Å². The fourth-order valence-corrected chi connectivity index (χ4v) is 0.478. The molecule has 11 heavy (non-hydrogen) atoms. The molecule has 1 aromatic rings. The third-order valence-electron chi connectivity index (χ3n) is 0.843. The van der Waals surface area contributed by atoms with Crippen molar-refractivity contribution in [2.75, 3.05) is 0 Å². The van der Waals surface area contributed by atoms with Crippen LogP contribution >= 0.6 is 0 Å². The van der Waals surface area contributed by atoms with Crippen LogP contribution in [0.3, 0.4) is 0 Å². The summed E-state index contributed by atoms with van der Waals surface area (Å²) in [6, 6.07) is 9.87. The molecule has 0 aliphatic heterocycles. The maximum atomic E-state index is 3.72. The molecule has 2 heteroatoms. The average molecular weight is 399 g/mol. The van der Waals surface area contributed by atoms with E-state index in [9.17, 15) is 0 Å². The Balaban J connectivity index is -0.0000000612. The fourth-order valence-electron chi connectivity index (χ4n) is 0.478. The summed E-state index contributed by atoms with van der Waals surface area (Å²) in [4.78, 5) is 0. The molecule has 58 valence electrons. The molecule has 0 aliphatic rings. The van der Waals surface area contributed by atoms with E-state index in [1.54, 1.807) is 0 Å². The van der Waals surface area contributed by atoms with Crippen LogP contribution in [0.25, 0.3) is 0 Å². The van der Waals surface area contributed by atoms with Crippen molar-refractivity contribution < 1.29 is 71.2 Å². The van der Waals surface area contributed by atoms with Gasteiger partial charge in [-0.1, -0.05) is 6.07 Å². The molecule has 0 heterocycles. The summed E-state index contributed by atoms with van der Waals surface area (Å²) in [5.74, 6) is 0.